The third-order valence-corrected chi connectivity index (χ3v) is 3.44. The summed E-state index contributed by atoms with van der Waals surface area (Å²) in [7, 11) is 1.82. The molecule has 0 saturated heterocycles. The molecule has 140 valence electrons. The van der Waals surface area contributed by atoms with Crippen LogP contribution in [0.3, 0.4) is 0 Å². The second-order valence-electron chi connectivity index (χ2n) is 5.57. The summed E-state index contributed by atoms with van der Waals surface area (Å²) in [5.41, 5.74) is 11.0. The van der Waals surface area contributed by atoms with Crippen molar-refractivity contribution in [2.75, 3.05) is 20.1 Å². The molecule has 0 rings (SSSR count). The smallest absolute Gasteiger partial charge is 0.327 e. The van der Waals surface area contributed by atoms with Gasteiger partial charge in [0.1, 0.15) is 12.1 Å². The zero-order chi connectivity index (χ0) is 18.7. The van der Waals surface area contributed by atoms with Crippen LogP contribution in [0.15, 0.2) is 0 Å². The molecule has 2 amide bonds. The van der Waals surface area contributed by atoms with E-state index in [1.807, 2.05) is 7.05 Å². The average molecular weight is 347 g/mol. The van der Waals surface area contributed by atoms with Gasteiger partial charge in [0.15, 0.2) is 0 Å². The molecular formula is C14H29N5O5. The van der Waals surface area contributed by atoms with E-state index in [1.54, 1.807) is 0 Å². The topological polar surface area (TPSA) is 180 Å². The van der Waals surface area contributed by atoms with Crippen LogP contribution in [0.5, 0.6) is 0 Å². The van der Waals surface area contributed by atoms with Crippen LogP contribution < -0.4 is 27.4 Å². The molecule has 0 spiro atoms. The molecule has 0 saturated carbocycles. The van der Waals surface area contributed by atoms with Gasteiger partial charge in [-0.1, -0.05) is 6.42 Å². The molecule has 0 aliphatic heterocycles. The van der Waals surface area contributed by atoms with Crippen molar-refractivity contribution >= 4 is 17.8 Å². The third-order valence-electron chi connectivity index (χ3n) is 3.44. The van der Waals surface area contributed by atoms with Gasteiger partial charge >= 0.3 is 5.97 Å². The summed E-state index contributed by atoms with van der Waals surface area (Å²) in [5, 5.41) is 26.1. The maximum Gasteiger partial charge on any atom is 0.327 e. The molecular weight excluding hydrogens is 318 g/mol. The zero-order valence-corrected chi connectivity index (χ0v) is 14.1. The number of aliphatic carboxylic acids is 1. The van der Waals surface area contributed by atoms with Crippen molar-refractivity contribution in [3.8, 4) is 0 Å². The van der Waals surface area contributed by atoms with Crippen LogP contribution >= 0.6 is 0 Å². The first-order chi connectivity index (χ1) is 11.2. The second-order valence-corrected chi connectivity index (χ2v) is 5.57. The Morgan fingerprint density at radius 2 is 1.75 bits per heavy atom. The van der Waals surface area contributed by atoms with E-state index in [0.29, 0.717) is 6.42 Å². The van der Waals surface area contributed by atoms with E-state index >= 15 is 0 Å². The van der Waals surface area contributed by atoms with E-state index in [9.17, 15) is 19.5 Å². The lowest BCUT2D eigenvalue weighted by Gasteiger charge is -2.24. The van der Waals surface area contributed by atoms with Crippen molar-refractivity contribution in [2.45, 2.75) is 50.4 Å². The van der Waals surface area contributed by atoms with Crippen molar-refractivity contribution < 1.29 is 24.6 Å². The Morgan fingerprint density at radius 1 is 1.12 bits per heavy atom. The summed E-state index contributed by atoms with van der Waals surface area (Å²) in [6.07, 6.45) is 0.795. The average Bonchev–Trinajstić information content (AvgIpc) is 2.52. The van der Waals surface area contributed by atoms with Gasteiger partial charge in [-0.05, 0) is 33.4 Å². The van der Waals surface area contributed by atoms with Gasteiger partial charge in [0.25, 0.3) is 0 Å². The summed E-state index contributed by atoms with van der Waals surface area (Å²) in [4.78, 5) is 35.0. The van der Waals surface area contributed by atoms with Crippen molar-refractivity contribution in [3.63, 3.8) is 0 Å². The van der Waals surface area contributed by atoms with Crippen LogP contribution in [0.1, 0.15) is 26.2 Å². The molecule has 0 unspecified atom stereocenters. The van der Waals surface area contributed by atoms with E-state index in [0.717, 1.165) is 19.4 Å². The fraction of sp³-hybridized carbons (Fsp3) is 0.786. The summed E-state index contributed by atoms with van der Waals surface area (Å²) in [6.45, 7) is 1.80. The number of carboxylic acid groups (broad SMARTS) is 1. The van der Waals surface area contributed by atoms with Crippen LogP contribution in [0, 0.1) is 0 Å². The lowest BCUT2D eigenvalue weighted by molar-refractivity contribution is -0.142. The molecule has 0 aliphatic rings. The van der Waals surface area contributed by atoms with Gasteiger partial charge in [0.2, 0.25) is 11.8 Å². The van der Waals surface area contributed by atoms with E-state index in [2.05, 4.69) is 16.0 Å². The SMILES string of the molecule is CNCCCC[C@H](N)C(=O)N[C@H](C(=O)N[C@@H](CN)C(=O)O)[C@@H](C)O. The molecule has 4 atom stereocenters. The Labute approximate surface area is 141 Å². The molecule has 9 N–H and O–H groups in total. The minimum Gasteiger partial charge on any atom is -0.480 e. The lowest BCUT2D eigenvalue weighted by Crippen LogP contribution is -2.59. The maximum absolute atomic E-state index is 12.1. The minimum atomic E-state index is -1.31. The molecule has 0 bridgehead atoms. The van der Waals surface area contributed by atoms with Crippen molar-refractivity contribution in [1.29, 1.82) is 0 Å². The Bertz CT molecular complexity index is 418. The van der Waals surface area contributed by atoms with E-state index < -0.39 is 42.0 Å². The van der Waals surface area contributed by atoms with Gasteiger partial charge in [0, 0.05) is 6.54 Å². The summed E-state index contributed by atoms with van der Waals surface area (Å²) in [6, 6.07) is -3.43. The van der Waals surface area contributed by atoms with E-state index in [4.69, 9.17) is 16.6 Å². The molecule has 0 aromatic carbocycles. The van der Waals surface area contributed by atoms with Gasteiger partial charge in [-0.15, -0.1) is 0 Å². The van der Waals surface area contributed by atoms with Crippen molar-refractivity contribution in [2.24, 2.45) is 11.5 Å². The van der Waals surface area contributed by atoms with Gasteiger partial charge in [-0.2, -0.15) is 0 Å². The van der Waals surface area contributed by atoms with Crippen molar-refractivity contribution in [1.82, 2.24) is 16.0 Å². The predicted octanol–water partition coefficient (Wildman–Crippen LogP) is -2.90. The highest BCUT2D eigenvalue weighted by Crippen LogP contribution is 2.01. The molecule has 24 heavy (non-hydrogen) atoms. The summed E-state index contributed by atoms with van der Waals surface area (Å²) < 4.78 is 0. The monoisotopic (exact) mass is 347 g/mol. The van der Waals surface area contributed by atoms with Crippen LogP contribution in [-0.2, 0) is 14.4 Å². The quantitative estimate of drug-likeness (QED) is 0.184. The number of rotatable bonds is 12. The van der Waals surface area contributed by atoms with Crippen LogP contribution in [0.25, 0.3) is 0 Å². The highest BCUT2D eigenvalue weighted by atomic mass is 16.4. The number of nitrogens with one attached hydrogen (secondary N) is 3. The molecule has 0 aliphatic carbocycles. The first kappa shape index (κ1) is 22.2. The molecule has 10 heteroatoms. The largest absolute Gasteiger partial charge is 0.480 e. The fourth-order valence-electron chi connectivity index (χ4n) is 1.95. The lowest BCUT2D eigenvalue weighted by atomic mass is 10.1. The Kier molecular flexibility index (Phi) is 10.9. The number of aliphatic hydroxyl groups is 1. The molecule has 0 heterocycles. The van der Waals surface area contributed by atoms with Gasteiger partial charge < -0.3 is 37.6 Å². The molecule has 0 fully saturated rings. The van der Waals surface area contributed by atoms with Gasteiger partial charge in [-0.25, -0.2) is 4.79 Å². The minimum absolute atomic E-state index is 0.313. The normalized spacial score (nSPS) is 15.9. The van der Waals surface area contributed by atoms with Crippen LogP contribution in [0.2, 0.25) is 0 Å². The standard InChI is InChI=1S/C14H29N5O5/c1-8(20)11(13(22)18-10(7-15)14(23)24)19-12(21)9(16)5-3-4-6-17-2/h8-11,17,20H,3-7,15-16H2,1-2H3,(H,18,22)(H,19,21)(H,23,24)/t8-,9+,10+,11+/m1/s1. The number of hydrogen-bond acceptors (Lipinski definition) is 7. The first-order valence-corrected chi connectivity index (χ1v) is 7.86. The fourth-order valence-corrected chi connectivity index (χ4v) is 1.95. The number of unbranched alkanes of at least 4 members (excludes halogenated alkanes) is 1. The Balaban J connectivity index is 4.63. The second kappa shape index (κ2) is 11.7. The number of hydrogen-bond donors (Lipinski definition) is 7. The number of carbonyl (C=O) groups excluding carboxylic acids is 2. The van der Waals surface area contributed by atoms with Crippen molar-refractivity contribution in [3.05, 3.63) is 0 Å². The molecule has 0 radical (unpaired) electrons. The Hall–Kier alpha value is -1.75. The maximum atomic E-state index is 12.1. The van der Waals surface area contributed by atoms with Crippen LogP contribution in [0.4, 0.5) is 0 Å². The highest BCUT2D eigenvalue weighted by Gasteiger charge is 2.30. The summed E-state index contributed by atoms with van der Waals surface area (Å²) in [5.74, 6) is -2.72. The number of nitrogens with two attached hydrogens (primary N) is 2. The Morgan fingerprint density at radius 3 is 2.21 bits per heavy atom. The van der Waals surface area contributed by atoms with Gasteiger partial charge in [-0.3, -0.25) is 9.59 Å². The third kappa shape index (κ3) is 8.20. The first-order valence-electron chi connectivity index (χ1n) is 7.86. The van der Waals surface area contributed by atoms with Gasteiger partial charge in [0.05, 0.1) is 12.1 Å². The summed E-state index contributed by atoms with van der Waals surface area (Å²) >= 11 is 0. The highest BCUT2D eigenvalue weighted by molar-refractivity contribution is 5.92. The molecule has 10 nitrogen and oxygen atoms in total. The van der Waals surface area contributed by atoms with Crippen LogP contribution in [-0.4, -0.2) is 72.4 Å². The number of aliphatic hydroxyl groups excluding tert-OH is 1. The zero-order valence-electron chi connectivity index (χ0n) is 14.1. The van der Waals surface area contributed by atoms with E-state index in [1.165, 1.54) is 6.92 Å². The number of amides is 2. The van der Waals surface area contributed by atoms with E-state index in [-0.39, 0.29) is 6.54 Å². The number of carboxylic acids is 1. The molecule has 0 aromatic rings. The predicted molar refractivity (Wildman–Crippen MR) is 88.0 cm³/mol. The number of carbonyl (C=O) groups is 3. The molecule has 0 aromatic heterocycles.